The van der Waals surface area contributed by atoms with Crippen molar-refractivity contribution < 1.29 is 4.84 Å². The van der Waals surface area contributed by atoms with Crippen LogP contribution in [0.4, 0.5) is 0 Å². The second-order valence-corrected chi connectivity index (χ2v) is 5.92. The molecule has 0 unspecified atom stereocenters. The summed E-state index contributed by atoms with van der Waals surface area (Å²) in [4.78, 5) is 5.89. The van der Waals surface area contributed by atoms with Crippen molar-refractivity contribution in [2.24, 2.45) is 5.73 Å². The SMILES string of the molecule is CCCON1C(C)(C)CC(N)CC1(C)C. The average Bonchev–Trinajstić information content (AvgIpc) is 1.98. The Morgan fingerprint density at radius 3 is 2.07 bits per heavy atom. The molecule has 0 aromatic heterocycles. The van der Waals surface area contributed by atoms with E-state index in [0.717, 1.165) is 25.9 Å². The quantitative estimate of drug-likeness (QED) is 0.783. The van der Waals surface area contributed by atoms with Gasteiger partial charge in [-0.1, -0.05) is 6.92 Å². The molecule has 0 atom stereocenters. The molecular weight excluding hydrogens is 188 g/mol. The zero-order chi connectivity index (χ0) is 11.7. The van der Waals surface area contributed by atoms with Gasteiger partial charge in [-0.3, -0.25) is 4.84 Å². The van der Waals surface area contributed by atoms with Crippen molar-refractivity contribution in [3.63, 3.8) is 0 Å². The van der Waals surface area contributed by atoms with Gasteiger partial charge in [-0.2, -0.15) is 5.06 Å². The minimum Gasteiger partial charge on any atom is -0.328 e. The van der Waals surface area contributed by atoms with Gasteiger partial charge in [0.15, 0.2) is 0 Å². The van der Waals surface area contributed by atoms with Gasteiger partial charge in [-0.25, -0.2) is 0 Å². The van der Waals surface area contributed by atoms with Crippen LogP contribution in [0.3, 0.4) is 0 Å². The van der Waals surface area contributed by atoms with Crippen molar-refractivity contribution >= 4 is 0 Å². The fourth-order valence-corrected chi connectivity index (χ4v) is 2.87. The van der Waals surface area contributed by atoms with E-state index in [0.29, 0.717) is 0 Å². The van der Waals surface area contributed by atoms with Crippen LogP contribution in [0.5, 0.6) is 0 Å². The summed E-state index contributed by atoms with van der Waals surface area (Å²) in [7, 11) is 0. The molecule has 1 aliphatic heterocycles. The summed E-state index contributed by atoms with van der Waals surface area (Å²) in [6.45, 7) is 11.8. The normalized spacial score (nSPS) is 26.8. The van der Waals surface area contributed by atoms with Crippen LogP contribution in [0.15, 0.2) is 0 Å². The lowest BCUT2D eigenvalue weighted by atomic mass is 9.79. The Kier molecular flexibility index (Phi) is 3.80. The Hall–Kier alpha value is -0.120. The molecule has 1 aliphatic rings. The Balaban J connectivity index is 2.77. The van der Waals surface area contributed by atoms with E-state index >= 15 is 0 Å². The topological polar surface area (TPSA) is 38.5 Å². The molecule has 0 radical (unpaired) electrons. The first-order chi connectivity index (χ1) is 6.79. The highest BCUT2D eigenvalue weighted by Gasteiger charge is 2.45. The summed E-state index contributed by atoms with van der Waals surface area (Å²) < 4.78 is 0. The van der Waals surface area contributed by atoms with Gasteiger partial charge in [-0.05, 0) is 47.0 Å². The number of nitrogens with two attached hydrogens (primary N) is 1. The van der Waals surface area contributed by atoms with E-state index in [-0.39, 0.29) is 17.1 Å². The second kappa shape index (κ2) is 4.40. The molecule has 1 heterocycles. The number of piperidine rings is 1. The van der Waals surface area contributed by atoms with Crippen LogP contribution in [0, 0.1) is 0 Å². The Morgan fingerprint density at radius 1 is 1.20 bits per heavy atom. The summed E-state index contributed by atoms with van der Waals surface area (Å²) in [6.07, 6.45) is 3.05. The maximum Gasteiger partial charge on any atom is 0.0683 e. The maximum atomic E-state index is 6.09. The minimum atomic E-state index is 0.0380. The maximum absolute atomic E-state index is 6.09. The van der Waals surface area contributed by atoms with Crippen LogP contribution in [-0.4, -0.2) is 28.8 Å². The highest BCUT2D eigenvalue weighted by atomic mass is 16.7. The summed E-state index contributed by atoms with van der Waals surface area (Å²) >= 11 is 0. The predicted octanol–water partition coefficient (Wildman–Crippen LogP) is 2.31. The molecule has 0 saturated carbocycles. The van der Waals surface area contributed by atoms with Crippen LogP contribution < -0.4 is 5.73 Å². The molecule has 3 heteroatoms. The van der Waals surface area contributed by atoms with Gasteiger partial charge in [0.05, 0.1) is 6.61 Å². The molecule has 0 spiro atoms. The van der Waals surface area contributed by atoms with Gasteiger partial charge in [0.1, 0.15) is 0 Å². The van der Waals surface area contributed by atoms with Crippen LogP contribution in [-0.2, 0) is 4.84 Å². The molecule has 0 amide bonds. The second-order valence-electron chi connectivity index (χ2n) is 5.92. The number of hydrogen-bond acceptors (Lipinski definition) is 3. The van der Waals surface area contributed by atoms with Crippen LogP contribution in [0.1, 0.15) is 53.9 Å². The number of hydrogen-bond donors (Lipinski definition) is 1. The zero-order valence-electron chi connectivity index (χ0n) is 10.8. The number of hydroxylamine groups is 2. The van der Waals surface area contributed by atoms with Gasteiger partial charge in [0.25, 0.3) is 0 Å². The van der Waals surface area contributed by atoms with Crippen molar-refractivity contribution in [2.75, 3.05) is 6.61 Å². The fraction of sp³-hybridized carbons (Fsp3) is 1.00. The van der Waals surface area contributed by atoms with Crippen LogP contribution >= 0.6 is 0 Å². The van der Waals surface area contributed by atoms with Crippen LogP contribution in [0.2, 0.25) is 0 Å². The van der Waals surface area contributed by atoms with Gasteiger partial charge in [0.2, 0.25) is 0 Å². The molecular formula is C12H26N2O. The van der Waals surface area contributed by atoms with E-state index in [1.165, 1.54) is 0 Å². The lowest BCUT2D eigenvalue weighted by Crippen LogP contribution is -2.63. The molecule has 1 saturated heterocycles. The lowest BCUT2D eigenvalue weighted by molar-refractivity contribution is -0.282. The molecule has 1 rings (SSSR count). The van der Waals surface area contributed by atoms with E-state index in [2.05, 4.69) is 39.7 Å². The summed E-state index contributed by atoms with van der Waals surface area (Å²) in [5.41, 5.74) is 6.17. The first-order valence-corrected chi connectivity index (χ1v) is 5.98. The summed E-state index contributed by atoms with van der Waals surface area (Å²) in [5, 5.41) is 2.16. The highest BCUT2D eigenvalue weighted by molar-refractivity contribution is 4.97. The average molecular weight is 214 g/mol. The molecule has 2 N–H and O–H groups in total. The molecule has 0 aliphatic carbocycles. The van der Waals surface area contributed by atoms with Gasteiger partial charge in [0, 0.05) is 17.1 Å². The van der Waals surface area contributed by atoms with Crippen molar-refractivity contribution in [1.82, 2.24) is 5.06 Å². The Bertz CT molecular complexity index is 196. The highest BCUT2D eigenvalue weighted by Crippen LogP contribution is 2.37. The third-order valence-electron chi connectivity index (χ3n) is 3.05. The van der Waals surface area contributed by atoms with Gasteiger partial charge in [-0.15, -0.1) is 0 Å². The summed E-state index contributed by atoms with van der Waals surface area (Å²) in [5.74, 6) is 0. The Morgan fingerprint density at radius 2 is 1.67 bits per heavy atom. The van der Waals surface area contributed by atoms with Crippen molar-refractivity contribution in [3.05, 3.63) is 0 Å². The monoisotopic (exact) mass is 214 g/mol. The minimum absolute atomic E-state index is 0.0380. The predicted molar refractivity (Wildman–Crippen MR) is 63.4 cm³/mol. The largest absolute Gasteiger partial charge is 0.328 e. The lowest BCUT2D eigenvalue weighted by Gasteiger charge is -2.53. The molecule has 3 nitrogen and oxygen atoms in total. The third-order valence-corrected chi connectivity index (χ3v) is 3.05. The van der Waals surface area contributed by atoms with E-state index in [9.17, 15) is 0 Å². The summed E-state index contributed by atoms with van der Waals surface area (Å²) in [6, 6.07) is 0.288. The third kappa shape index (κ3) is 2.92. The van der Waals surface area contributed by atoms with E-state index in [1.54, 1.807) is 0 Å². The molecule has 1 fully saturated rings. The standard InChI is InChI=1S/C12H26N2O/c1-6-7-15-14-11(2,3)8-10(13)9-12(14,4)5/h10H,6-9,13H2,1-5H3. The van der Waals surface area contributed by atoms with Crippen molar-refractivity contribution in [2.45, 2.75) is 71.0 Å². The number of nitrogens with zero attached hydrogens (tertiary/aromatic N) is 1. The van der Waals surface area contributed by atoms with Gasteiger partial charge >= 0.3 is 0 Å². The molecule has 0 aromatic rings. The van der Waals surface area contributed by atoms with Gasteiger partial charge < -0.3 is 5.73 Å². The van der Waals surface area contributed by atoms with Crippen LogP contribution in [0.25, 0.3) is 0 Å². The number of rotatable bonds is 3. The fourth-order valence-electron chi connectivity index (χ4n) is 2.87. The van der Waals surface area contributed by atoms with E-state index in [1.807, 2.05) is 0 Å². The molecule has 0 aromatic carbocycles. The van der Waals surface area contributed by atoms with Crippen molar-refractivity contribution in [1.29, 1.82) is 0 Å². The van der Waals surface area contributed by atoms with Crippen molar-refractivity contribution in [3.8, 4) is 0 Å². The first-order valence-electron chi connectivity index (χ1n) is 5.98. The zero-order valence-corrected chi connectivity index (χ0v) is 10.8. The molecule has 15 heavy (non-hydrogen) atoms. The van der Waals surface area contributed by atoms with E-state index < -0.39 is 0 Å². The first kappa shape index (κ1) is 12.9. The van der Waals surface area contributed by atoms with E-state index in [4.69, 9.17) is 10.6 Å². The smallest absolute Gasteiger partial charge is 0.0683 e. The molecule has 90 valence electrons. The Labute approximate surface area is 93.9 Å². The molecule has 0 bridgehead atoms.